The van der Waals surface area contributed by atoms with E-state index in [2.05, 4.69) is 25.6 Å². The van der Waals surface area contributed by atoms with Crippen molar-refractivity contribution < 1.29 is 18.0 Å². The Morgan fingerprint density at radius 2 is 2.24 bits per heavy atom. The number of amides is 1. The van der Waals surface area contributed by atoms with Gasteiger partial charge in [-0.2, -0.15) is 13.2 Å². The maximum Gasteiger partial charge on any atom is 0.405 e. The van der Waals surface area contributed by atoms with E-state index in [4.69, 9.17) is 0 Å². The van der Waals surface area contributed by atoms with Gasteiger partial charge in [0, 0.05) is 19.1 Å². The van der Waals surface area contributed by atoms with Crippen LogP contribution in [0, 0.1) is 0 Å². The lowest BCUT2D eigenvalue weighted by atomic mass is 10.2. The standard InChI is InChI=1S/C14H18F3N7O/c1-2-24-11-9(23-12(24)13(25)19-6-14(15,16)17)10(20-7-21-11)22-8-3-4-18-5-8/h7-8,18H,2-6H2,1H3,(H,19,25)(H,20,21,22)/t8-/m0/s1. The van der Waals surface area contributed by atoms with Crippen molar-refractivity contribution >= 4 is 22.9 Å². The number of anilines is 1. The fourth-order valence-corrected chi connectivity index (χ4v) is 2.75. The van der Waals surface area contributed by atoms with Crippen molar-refractivity contribution in [2.45, 2.75) is 32.1 Å². The third-order valence-corrected chi connectivity index (χ3v) is 3.90. The zero-order valence-electron chi connectivity index (χ0n) is 13.5. The summed E-state index contributed by atoms with van der Waals surface area (Å²) in [6.07, 6.45) is -2.22. The Morgan fingerprint density at radius 1 is 1.44 bits per heavy atom. The molecule has 3 rings (SSSR count). The molecule has 1 amide bonds. The van der Waals surface area contributed by atoms with Crippen LogP contribution in [0.3, 0.4) is 0 Å². The molecule has 2 aromatic rings. The summed E-state index contributed by atoms with van der Waals surface area (Å²) in [5.41, 5.74) is 0.775. The Labute approximate surface area is 141 Å². The van der Waals surface area contributed by atoms with Crippen molar-refractivity contribution in [3.63, 3.8) is 0 Å². The predicted octanol–water partition coefficient (Wildman–Crippen LogP) is 0.912. The predicted molar refractivity (Wildman–Crippen MR) is 84.3 cm³/mol. The summed E-state index contributed by atoms with van der Waals surface area (Å²) in [6, 6.07) is 0.174. The smallest absolute Gasteiger partial charge is 0.364 e. The van der Waals surface area contributed by atoms with Gasteiger partial charge in [0.05, 0.1) is 0 Å². The van der Waals surface area contributed by atoms with Crippen LogP contribution in [-0.4, -0.2) is 57.3 Å². The second-order valence-corrected chi connectivity index (χ2v) is 5.71. The number of nitrogens with one attached hydrogen (secondary N) is 3. The number of fused-ring (bicyclic) bond motifs is 1. The van der Waals surface area contributed by atoms with Crippen molar-refractivity contribution in [3.05, 3.63) is 12.2 Å². The molecule has 1 saturated heterocycles. The largest absolute Gasteiger partial charge is 0.405 e. The van der Waals surface area contributed by atoms with Crippen molar-refractivity contribution in [1.29, 1.82) is 0 Å². The Bertz CT molecular complexity index is 768. The first-order valence-electron chi connectivity index (χ1n) is 7.92. The van der Waals surface area contributed by atoms with Crippen LogP contribution in [0.1, 0.15) is 24.0 Å². The molecule has 1 aliphatic heterocycles. The first-order valence-corrected chi connectivity index (χ1v) is 7.92. The van der Waals surface area contributed by atoms with Crippen LogP contribution in [0.5, 0.6) is 0 Å². The molecule has 0 radical (unpaired) electrons. The minimum Gasteiger partial charge on any atom is -0.364 e. The maximum absolute atomic E-state index is 12.3. The molecule has 1 aliphatic rings. The number of carbonyl (C=O) groups excluding carboxylic acids is 1. The molecule has 0 aliphatic carbocycles. The van der Waals surface area contributed by atoms with Gasteiger partial charge in [0.1, 0.15) is 12.9 Å². The highest BCUT2D eigenvalue weighted by Crippen LogP contribution is 2.22. The van der Waals surface area contributed by atoms with Crippen LogP contribution in [-0.2, 0) is 6.54 Å². The summed E-state index contributed by atoms with van der Waals surface area (Å²) < 4.78 is 38.5. The fraction of sp³-hybridized carbons (Fsp3) is 0.571. The number of rotatable bonds is 5. The van der Waals surface area contributed by atoms with Crippen molar-refractivity contribution in [2.75, 3.05) is 25.0 Å². The molecule has 0 unspecified atom stereocenters. The topological polar surface area (TPSA) is 96.8 Å². The number of aryl methyl sites for hydroxylation is 1. The summed E-state index contributed by atoms with van der Waals surface area (Å²) in [5.74, 6) is -0.545. The lowest BCUT2D eigenvalue weighted by molar-refractivity contribution is -0.123. The minimum absolute atomic E-state index is 0.116. The SMILES string of the molecule is CCn1c(C(=O)NCC(F)(F)F)nc2c(N[C@H]3CCNC3)ncnc21. The van der Waals surface area contributed by atoms with Gasteiger partial charge in [-0.05, 0) is 19.9 Å². The van der Waals surface area contributed by atoms with Gasteiger partial charge in [0.25, 0.3) is 5.91 Å². The molecule has 0 bridgehead atoms. The van der Waals surface area contributed by atoms with Crippen LogP contribution in [0.2, 0.25) is 0 Å². The molecular formula is C14H18F3N7O. The average molecular weight is 357 g/mol. The lowest BCUT2D eigenvalue weighted by Crippen LogP contribution is -2.35. The molecule has 2 aromatic heterocycles. The number of imidazole rings is 1. The van der Waals surface area contributed by atoms with E-state index in [0.717, 1.165) is 19.5 Å². The zero-order valence-corrected chi connectivity index (χ0v) is 13.5. The maximum atomic E-state index is 12.3. The average Bonchev–Trinajstić information content (AvgIpc) is 3.19. The first-order chi connectivity index (χ1) is 11.9. The molecule has 0 spiro atoms. The molecule has 25 heavy (non-hydrogen) atoms. The molecule has 1 atom stereocenters. The Hall–Kier alpha value is -2.43. The van der Waals surface area contributed by atoms with Gasteiger partial charge >= 0.3 is 6.18 Å². The van der Waals surface area contributed by atoms with Crippen LogP contribution >= 0.6 is 0 Å². The Balaban J connectivity index is 1.92. The van der Waals surface area contributed by atoms with E-state index in [0.29, 0.717) is 23.5 Å². The van der Waals surface area contributed by atoms with Gasteiger partial charge in [-0.15, -0.1) is 0 Å². The summed E-state index contributed by atoms with van der Waals surface area (Å²) in [6.45, 7) is 2.35. The van der Waals surface area contributed by atoms with Crippen LogP contribution in [0.4, 0.5) is 19.0 Å². The molecule has 1 fully saturated rings. The van der Waals surface area contributed by atoms with Gasteiger partial charge in [-0.3, -0.25) is 4.79 Å². The molecule has 3 N–H and O–H groups in total. The molecule has 0 aromatic carbocycles. The lowest BCUT2D eigenvalue weighted by Gasteiger charge is -2.11. The Kier molecular flexibility index (Phi) is 4.75. The van der Waals surface area contributed by atoms with Crippen LogP contribution < -0.4 is 16.0 Å². The van der Waals surface area contributed by atoms with Crippen molar-refractivity contribution in [3.8, 4) is 0 Å². The van der Waals surface area contributed by atoms with Crippen molar-refractivity contribution in [2.24, 2.45) is 0 Å². The number of alkyl halides is 3. The number of carbonyl (C=O) groups is 1. The highest BCUT2D eigenvalue weighted by Gasteiger charge is 2.29. The van der Waals surface area contributed by atoms with Gasteiger partial charge in [0.15, 0.2) is 17.0 Å². The number of hydrogen-bond acceptors (Lipinski definition) is 6. The Morgan fingerprint density at radius 3 is 2.88 bits per heavy atom. The van der Waals surface area contributed by atoms with E-state index in [1.807, 2.05) is 5.32 Å². The van der Waals surface area contributed by atoms with E-state index < -0.39 is 18.6 Å². The number of halogens is 3. The third kappa shape index (κ3) is 3.81. The van der Waals surface area contributed by atoms with E-state index in [1.54, 1.807) is 6.92 Å². The molecule has 8 nitrogen and oxygen atoms in total. The monoisotopic (exact) mass is 357 g/mol. The van der Waals surface area contributed by atoms with Gasteiger partial charge < -0.3 is 20.5 Å². The van der Waals surface area contributed by atoms with Gasteiger partial charge in [0.2, 0.25) is 5.82 Å². The summed E-state index contributed by atoms with van der Waals surface area (Å²) >= 11 is 0. The summed E-state index contributed by atoms with van der Waals surface area (Å²) in [4.78, 5) is 24.6. The highest BCUT2D eigenvalue weighted by atomic mass is 19.4. The highest BCUT2D eigenvalue weighted by molar-refractivity contribution is 5.96. The van der Waals surface area contributed by atoms with E-state index in [-0.39, 0.29) is 11.9 Å². The summed E-state index contributed by atoms with van der Waals surface area (Å²) in [5, 5.41) is 8.30. The molecular weight excluding hydrogens is 339 g/mol. The zero-order chi connectivity index (χ0) is 18.0. The van der Waals surface area contributed by atoms with E-state index in [9.17, 15) is 18.0 Å². The number of nitrogens with zero attached hydrogens (tertiary/aromatic N) is 4. The number of hydrogen-bond donors (Lipinski definition) is 3. The third-order valence-electron chi connectivity index (χ3n) is 3.90. The van der Waals surface area contributed by atoms with Gasteiger partial charge in [-0.1, -0.05) is 0 Å². The van der Waals surface area contributed by atoms with Gasteiger partial charge in [-0.25, -0.2) is 15.0 Å². The molecule has 11 heteroatoms. The fourth-order valence-electron chi connectivity index (χ4n) is 2.75. The van der Waals surface area contributed by atoms with Crippen LogP contribution in [0.15, 0.2) is 6.33 Å². The quantitative estimate of drug-likeness (QED) is 0.736. The van der Waals surface area contributed by atoms with E-state index >= 15 is 0 Å². The normalized spacial score (nSPS) is 17.8. The van der Waals surface area contributed by atoms with E-state index in [1.165, 1.54) is 10.9 Å². The number of aromatic nitrogens is 4. The molecule has 136 valence electrons. The second kappa shape index (κ2) is 6.82. The molecule has 0 saturated carbocycles. The summed E-state index contributed by atoms with van der Waals surface area (Å²) in [7, 11) is 0. The minimum atomic E-state index is -4.49. The van der Waals surface area contributed by atoms with Crippen molar-refractivity contribution in [1.82, 2.24) is 30.2 Å². The second-order valence-electron chi connectivity index (χ2n) is 5.71. The molecule has 3 heterocycles. The first kappa shape index (κ1) is 17.4. The van der Waals surface area contributed by atoms with Crippen LogP contribution in [0.25, 0.3) is 11.2 Å².